The zero-order valence-corrected chi connectivity index (χ0v) is 34.0. The first-order valence-corrected chi connectivity index (χ1v) is 21.3. The summed E-state index contributed by atoms with van der Waals surface area (Å²) in [5, 5.41) is 0. The van der Waals surface area contributed by atoms with E-state index in [1.807, 2.05) is 0 Å². The molecule has 0 unspecified atom stereocenters. The second-order valence-electron chi connectivity index (χ2n) is 16.1. The molecule has 2 aliphatic rings. The number of anilines is 6. The molecule has 290 valence electrons. The molecule has 62 heavy (non-hydrogen) atoms. The minimum absolute atomic E-state index is 1.13. The summed E-state index contributed by atoms with van der Waals surface area (Å²) in [5.41, 5.74) is 23.7. The molecule has 12 rings (SSSR count). The molecule has 0 atom stereocenters. The van der Waals surface area contributed by atoms with Gasteiger partial charge in [0, 0.05) is 33.5 Å². The summed E-state index contributed by atoms with van der Waals surface area (Å²) >= 11 is 0. The maximum Gasteiger partial charge on any atom is 0.0541 e. The van der Waals surface area contributed by atoms with Crippen LogP contribution in [-0.4, -0.2) is 0 Å². The Hall–Kier alpha value is -8.20. The molecule has 0 amide bonds. The van der Waals surface area contributed by atoms with Gasteiger partial charge in [-0.1, -0.05) is 182 Å². The normalized spacial score (nSPS) is 12.1. The van der Waals surface area contributed by atoms with E-state index < -0.39 is 0 Å². The fraction of sp³-hybridized carbons (Fsp3) is 0. The molecule has 2 nitrogen and oxygen atoms in total. The maximum absolute atomic E-state index is 2.49. The van der Waals surface area contributed by atoms with E-state index in [-0.39, 0.29) is 0 Å². The van der Waals surface area contributed by atoms with Crippen molar-refractivity contribution in [2.45, 2.75) is 0 Å². The standard InChI is InChI=1S/C60H40N2/c1-4-18-41(19-5-1)43-32-35-58(53(38-43)42-20-6-2-7-21-42)62-57-31-17-15-29-52(57)48-25-11-13-27-50(48)55-40-45(34-37-60(55)62)44-33-36-59-54(39-44)49-26-12-10-24-47(49)51-28-14-16-30-56(51)61(59)46-22-8-3-9-23-46/h1-40H. The van der Waals surface area contributed by atoms with Crippen LogP contribution in [0.5, 0.6) is 0 Å². The lowest BCUT2D eigenvalue weighted by Gasteiger charge is -2.30. The summed E-state index contributed by atoms with van der Waals surface area (Å²) in [7, 11) is 0. The predicted molar refractivity (Wildman–Crippen MR) is 261 cm³/mol. The van der Waals surface area contributed by atoms with E-state index in [0.29, 0.717) is 0 Å². The highest BCUT2D eigenvalue weighted by Gasteiger charge is 2.30. The van der Waals surface area contributed by atoms with Crippen LogP contribution in [0.1, 0.15) is 0 Å². The molecule has 2 heterocycles. The molecule has 0 bridgehead atoms. The van der Waals surface area contributed by atoms with Crippen LogP contribution in [0.4, 0.5) is 34.1 Å². The number of hydrogen-bond acceptors (Lipinski definition) is 2. The molecule has 0 N–H and O–H groups in total. The van der Waals surface area contributed by atoms with Gasteiger partial charge in [0.1, 0.15) is 0 Å². The first-order chi connectivity index (χ1) is 30.8. The Morgan fingerprint density at radius 2 is 0.500 bits per heavy atom. The lowest BCUT2D eigenvalue weighted by atomic mass is 9.90. The lowest BCUT2D eigenvalue weighted by molar-refractivity contribution is 1.29. The number of fused-ring (bicyclic) bond motifs is 10. The van der Waals surface area contributed by atoms with Crippen LogP contribution >= 0.6 is 0 Å². The van der Waals surface area contributed by atoms with E-state index in [1.54, 1.807) is 0 Å². The highest BCUT2D eigenvalue weighted by Crippen LogP contribution is 2.55. The second kappa shape index (κ2) is 14.8. The van der Waals surface area contributed by atoms with Gasteiger partial charge in [-0.25, -0.2) is 0 Å². The lowest BCUT2D eigenvalue weighted by Crippen LogP contribution is -2.12. The molecule has 0 aliphatic carbocycles. The van der Waals surface area contributed by atoms with E-state index in [0.717, 1.165) is 28.4 Å². The van der Waals surface area contributed by atoms with Crippen LogP contribution in [0.3, 0.4) is 0 Å². The zero-order valence-electron chi connectivity index (χ0n) is 34.0. The van der Waals surface area contributed by atoms with E-state index in [1.165, 1.54) is 83.6 Å². The molecular weight excluding hydrogens is 749 g/mol. The highest BCUT2D eigenvalue weighted by molar-refractivity contribution is 6.07. The van der Waals surface area contributed by atoms with Crippen LogP contribution in [0.2, 0.25) is 0 Å². The van der Waals surface area contributed by atoms with Gasteiger partial charge in [-0.05, 0) is 111 Å². The molecule has 0 saturated carbocycles. The van der Waals surface area contributed by atoms with Gasteiger partial charge in [-0.3, -0.25) is 0 Å². The van der Waals surface area contributed by atoms with E-state index in [9.17, 15) is 0 Å². The fourth-order valence-electron chi connectivity index (χ4n) is 9.72. The number of benzene rings is 10. The quantitative estimate of drug-likeness (QED) is 0.171. The van der Waals surface area contributed by atoms with Gasteiger partial charge in [-0.15, -0.1) is 0 Å². The summed E-state index contributed by atoms with van der Waals surface area (Å²) in [4.78, 5) is 4.91. The Kier molecular flexibility index (Phi) is 8.53. The largest absolute Gasteiger partial charge is 0.309 e. The number of para-hydroxylation sites is 3. The molecule has 0 aromatic heterocycles. The van der Waals surface area contributed by atoms with E-state index in [4.69, 9.17) is 0 Å². The van der Waals surface area contributed by atoms with Gasteiger partial charge in [0.2, 0.25) is 0 Å². The molecule has 0 spiro atoms. The second-order valence-corrected chi connectivity index (χ2v) is 16.1. The minimum Gasteiger partial charge on any atom is -0.309 e. The summed E-state index contributed by atoms with van der Waals surface area (Å²) in [5.74, 6) is 0. The van der Waals surface area contributed by atoms with Crippen LogP contribution in [0.15, 0.2) is 243 Å². The van der Waals surface area contributed by atoms with Crippen molar-refractivity contribution in [3.05, 3.63) is 243 Å². The molecule has 0 radical (unpaired) electrons. The summed E-state index contributed by atoms with van der Waals surface area (Å²) in [6.07, 6.45) is 0. The first kappa shape index (κ1) is 35.7. The Morgan fingerprint density at radius 3 is 1.02 bits per heavy atom. The Labute approximate surface area is 362 Å². The average Bonchev–Trinajstić information content (AvgIpc) is 3.56. The molecule has 10 aromatic carbocycles. The van der Waals surface area contributed by atoms with Crippen molar-refractivity contribution in [2.24, 2.45) is 0 Å². The third kappa shape index (κ3) is 5.88. The van der Waals surface area contributed by atoms with Crippen molar-refractivity contribution in [3.63, 3.8) is 0 Å². The number of nitrogens with zero attached hydrogens (tertiary/aromatic N) is 2. The molecule has 10 aromatic rings. The summed E-state index contributed by atoms with van der Waals surface area (Å²) < 4.78 is 0. The monoisotopic (exact) mass is 788 g/mol. The molecular formula is C60H40N2. The smallest absolute Gasteiger partial charge is 0.0541 e. The zero-order chi connectivity index (χ0) is 41.0. The SMILES string of the molecule is c1ccc(-c2ccc(N3c4ccccc4-c4ccccc4-c4cc(-c5ccc6c(c5)-c5ccccc5-c5ccccc5N6c5ccccc5)ccc43)c(-c3ccccc3)c2)cc1. The van der Waals surface area contributed by atoms with Crippen molar-refractivity contribution >= 4 is 34.1 Å². The predicted octanol–water partition coefficient (Wildman–Crippen LogP) is 16.9. The van der Waals surface area contributed by atoms with Gasteiger partial charge in [0.25, 0.3) is 0 Å². The van der Waals surface area contributed by atoms with Crippen molar-refractivity contribution in [3.8, 4) is 77.9 Å². The molecule has 0 saturated heterocycles. The molecule has 0 fully saturated rings. The van der Waals surface area contributed by atoms with Crippen molar-refractivity contribution in [1.82, 2.24) is 0 Å². The van der Waals surface area contributed by atoms with Crippen LogP contribution < -0.4 is 9.80 Å². The third-order valence-corrected chi connectivity index (χ3v) is 12.6. The Morgan fingerprint density at radius 1 is 0.177 bits per heavy atom. The highest BCUT2D eigenvalue weighted by atomic mass is 15.2. The summed E-state index contributed by atoms with van der Waals surface area (Å²) in [6.45, 7) is 0. The van der Waals surface area contributed by atoms with Gasteiger partial charge < -0.3 is 9.80 Å². The van der Waals surface area contributed by atoms with E-state index >= 15 is 0 Å². The van der Waals surface area contributed by atoms with Crippen molar-refractivity contribution in [1.29, 1.82) is 0 Å². The van der Waals surface area contributed by atoms with Crippen LogP contribution in [0.25, 0.3) is 77.9 Å². The van der Waals surface area contributed by atoms with Gasteiger partial charge in [-0.2, -0.15) is 0 Å². The fourth-order valence-corrected chi connectivity index (χ4v) is 9.72. The Balaban J connectivity index is 1.08. The van der Waals surface area contributed by atoms with Crippen LogP contribution in [-0.2, 0) is 0 Å². The van der Waals surface area contributed by atoms with E-state index in [2.05, 4.69) is 252 Å². The maximum atomic E-state index is 2.49. The van der Waals surface area contributed by atoms with Crippen molar-refractivity contribution < 1.29 is 0 Å². The Bertz CT molecular complexity index is 3300. The van der Waals surface area contributed by atoms with Crippen molar-refractivity contribution in [2.75, 3.05) is 9.80 Å². The van der Waals surface area contributed by atoms with Gasteiger partial charge in [0.15, 0.2) is 0 Å². The molecule has 2 heteroatoms. The third-order valence-electron chi connectivity index (χ3n) is 12.6. The summed E-state index contributed by atoms with van der Waals surface area (Å²) in [6, 6.07) is 88.7. The topological polar surface area (TPSA) is 6.48 Å². The minimum atomic E-state index is 1.13. The molecule has 2 aliphatic heterocycles. The van der Waals surface area contributed by atoms with Crippen LogP contribution in [0, 0.1) is 0 Å². The van der Waals surface area contributed by atoms with Gasteiger partial charge >= 0.3 is 0 Å². The van der Waals surface area contributed by atoms with Gasteiger partial charge in [0.05, 0.1) is 28.4 Å². The first-order valence-electron chi connectivity index (χ1n) is 21.3. The average molecular weight is 789 g/mol. The number of rotatable bonds is 5. The number of hydrogen-bond donors (Lipinski definition) is 0.